The summed E-state index contributed by atoms with van der Waals surface area (Å²) in [4.78, 5) is 30.4. The van der Waals surface area contributed by atoms with Crippen LogP contribution in [0.15, 0.2) is 11.0 Å². The van der Waals surface area contributed by atoms with Crippen molar-refractivity contribution in [1.29, 1.82) is 0 Å². The van der Waals surface area contributed by atoms with E-state index < -0.39 is 54.2 Å². The summed E-state index contributed by atoms with van der Waals surface area (Å²) < 4.78 is 5.65. The van der Waals surface area contributed by atoms with Crippen molar-refractivity contribution >= 4 is 29.2 Å². The average molecular weight is 512 g/mol. The molecule has 2 rings (SSSR count). The molecule has 1 saturated heterocycles. The van der Waals surface area contributed by atoms with E-state index >= 15 is 0 Å². The standard InChI is InChI=1S/C26H41NO7S/c1-14-8-7-9-19(28)20(29)11-21(15(2)10-18-13-35-17(4)27-18)34-23(31)12-22(30)26(5,6)25(33)16(3)24(14)32/h10,13-14,16,19-22,24,28-30,32H,7-9,11-12H2,1-6H3/b15-10+/t14-,16+,19-,20+,21+,22-,24-/m0/s1. The molecule has 0 amide bonds. The molecule has 0 radical (unpaired) electrons. The molecule has 0 bridgehead atoms. The van der Waals surface area contributed by atoms with Crippen molar-refractivity contribution in [2.75, 3.05) is 0 Å². The molecular weight excluding hydrogens is 470 g/mol. The van der Waals surface area contributed by atoms with E-state index in [1.54, 1.807) is 33.8 Å². The summed E-state index contributed by atoms with van der Waals surface area (Å²) in [5, 5.41) is 45.5. The number of nitrogens with zero attached hydrogens (tertiary/aromatic N) is 1. The third-order valence-corrected chi connectivity index (χ3v) is 7.98. The summed E-state index contributed by atoms with van der Waals surface area (Å²) in [6.07, 6.45) is -2.52. The van der Waals surface area contributed by atoms with Gasteiger partial charge in [0.25, 0.3) is 0 Å². The molecule has 8 nitrogen and oxygen atoms in total. The summed E-state index contributed by atoms with van der Waals surface area (Å²) in [6, 6.07) is 0. The maximum Gasteiger partial charge on any atom is 0.309 e. The molecule has 0 unspecified atom stereocenters. The Kier molecular flexibility index (Phi) is 10.6. The zero-order valence-electron chi connectivity index (χ0n) is 21.6. The van der Waals surface area contributed by atoms with E-state index in [2.05, 4.69) is 4.98 Å². The predicted octanol–water partition coefficient (Wildman–Crippen LogP) is 3.04. The Morgan fingerprint density at radius 3 is 2.40 bits per heavy atom. The van der Waals surface area contributed by atoms with Gasteiger partial charge in [-0.25, -0.2) is 4.98 Å². The fourth-order valence-corrected chi connectivity index (χ4v) is 5.08. The van der Waals surface area contributed by atoms with Gasteiger partial charge in [0.1, 0.15) is 11.9 Å². The molecule has 1 fully saturated rings. The minimum absolute atomic E-state index is 0.0218. The average Bonchev–Trinajstić information content (AvgIpc) is 3.20. The van der Waals surface area contributed by atoms with Crippen molar-refractivity contribution in [2.24, 2.45) is 17.3 Å². The number of carbonyl (C=O) groups is 2. The molecule has 0 aliphatic carbocycles. The van der Waals surface area contributed by atoms with E-state index in [1.165, 1.54) is 11.3 Å². The number of carbonyl (C=O) groups excluding carboxylic acids is 2. The maximum atomic E-state index is 13.1. The number of aliphatic hydroxyl groups excluding tert-OH is 4. The Hall–Kier alpha value is -1.65. The highest BCUT2D eigenvalue weighted by Gasteiger charge is 2.42. The van der Waals surface area contributed by atoms with Crippen molar-refractivity contribution in [3.8, 4) is 0 Å². The Morgan fingerprint density at radius 1 is 1.14 bits per heavy atom. The van der Waals surface area contributed by atoms with Crippen LogP contribution in [0.5, 0.6) is 0 Å². The highest BCUT2D eigenvalue weighted by atomic mass is 32.1. The smallest absolute Gasteiger partial charge is 0.309 e. The van der Waals surface area contributed by atoms with Gasteiger partial charge in [-0.3, -0.25) is 9.59 Å². The van der Waals surface area contributed by atoms with Gasteiger partial charge in [-0.15, -0.1) is 11.3 Å². The number of hydrogen-bond donors (Lipinski definition) is 4. The molecule has 35 heavy (non-hydrogen) atoms. The van der Waals surface area contributed by atoms with Gasteiger partial charge < -0.3 is 25.2 Å². The second kappa shape index (κ2) is 12.5. The van der Waals surface area contributed by atoms with Crippen LogP contribution in [0.4, 0.5) is 0 Å². The second-order valence-corrected chi connectivity index (χ2v) is 11.6. The molecule has 4 N–H and O–H groups in total. The molecule has 9 heteroatoms. The Morgan fingerprint density at radius 2 is 1.80 bits per heavy atom. The summed E-state index contributed by atoms with van der Waals surface area (Å²) in [7, 11) is 0. The molecule has 1 aromatic rings. The largest absolute Gasteiger partial charge is 0.458 e. The van der Waals surface area contributed by atoms with E-state index in [1.807, 2.05) is 19.2 Å². The molecule has 198 valence electrons. The van der Waals surface area contributed by atoms with Gasteiger partial charge in [-0.2, -0.15) is 0 Å². The molecule has 1 aromatic heterocycles. The number of aliphatic hydroxyl groups is 4. The number of cyclic esters (lactones) is 1. The first kappa shape index (κ1) is 29.6. The summed E-state index contributed by atoms with van der Waals surface area (Å²) >= 11 is 1.49. The van der Waals surface area contributed by atoms with Crippen LogP contribution >= 0.6 is 11.3 Å². The summed E-state index contributed by atoms with van der Waals surface area (Å²) in [6.45, 7) is 10.2. The van der Waals surface area contributed by atoms with Gasteiger partial charge in [-0.05, 0) is 44.3 Å². The van der Waals surface area contributed by atoms with Gasteiger partial charge in [0.05, 0.1) is 47.0 Å². The predicted molar refractivity (Wildman–Crippen MR) is 135 cm³/mol. The number of hydrogen-bond acceptors (Lipinski definition) is 9. The number of aryl methyl sites for hydroxylation is 1. The van der Waals surface area contributed by atoms with Crippen LogP contribution in [0.1, 0.15) is 77.4 Å². The van der Waals surface area contributed by atoms with Gasteiger partial charge in [0, 0.05) is 17.7 Å². The number of thiazole rings is 1. The minimum atomic E-state index is -1.32. The Bertz CT molecular complexity index is 896. The van der Waals surface area contributed by atoms with E-state index in [4.69, 9.17) is 4.74 Å². The van der Waals surface area contributed by atoms with Crippen molar-refractivity contribution in [1.82, 2.24) is 4.98 Å². The lowest BCUT2D eigenvalue weighted by Crippen LogP contribution is -2.46. The molecule has 0 spiro atoms. The van der Waals surface area contributed by atoms with Crippen LogP contribution < -0.4 is 0 Å². The topological polar surface area (TPSA) is 137 Å². The molecule has 0 saturated carbocycles. The highest BCUT2D eigenvalue weighted by molar-refractivity contribution is 7.09. The van der Waals surface area contributed by atoms with Gasteiger partial charge in [-0.1, -0.05) is 34.1 Å². The van der Waals surface area contributed by atoms with E-state index in [0.29, 0.717) is 30.5 Å². The first-order valence-corrected chi connectivity index (χ1v) is 13.2. The lowest BCUT2D eigenvalue weighted by atomic mass is 9.73. The number of rotatable bonds is 2. The van der Waals surface area contributed by atoms with Gasteiger partial charge in [0.2, 0.25) is 0 Å². The summed E-state index contributed by atoms with van der Waals surface area (Å²) in [5.41, 5.74) is 0.0764. The molecule has 1 aliphatic heterocycles. The van der Waals surface area contributed by atoms with Crippen LogP contribution in [0.3, 0.4) is 0 Å². The first-order valence-electron chi connectivity index (χ1n) is 12.3. The fourth-order valence-electron chi connectivity index (χ4n) is 4.51. The molecule has 7 atom stereocenters. The van der Waals surface area contributed by atoms with E-state index in [0.717, 1.165) is 5.01 Å². The number of aromatic nitrogens is 1. The zero-order valence-corrected chi connectivity index (χ0v) is 22.4. The number of Topliss-reactive ketones (excluding diaryl/α,β-unsaturated/α-hetero) is 1. The Balaban J connectivity index is 2.33. The molecule has 0 aromatic carbocycles. The zero-order chi connectivity index (χ0) is 26.5. The van der Waals surface area contributed by atoms with E-state index in [9.17, 15) is 30.0 Å². The monoisotopic (exact) mass is 511 g/mol. The second-order valence-electron chi connectivity index (χ2n) is 10.5. The molecule has 2 heterocycles. The lowest BCUT2D eigenvalue weighted by Gasteiger charge is -2.35. The number of ketones is 1. The van der Waals surface area contributed by atoms with Crippen LogP contribution in [0.2, 0.25) is 0 Å². The fraction of sp³-hybridized carbons (Fsp3) is 0.731. The van der Waals surface area contributed by atoms with Crippen molar-refractivity contribution in [2.45, 2.75) is 104 Å². The summed E-state index contributed by atoms with van der Waals surface area (Å²) in [5.74, 6) is -2.01. The first-order chi connectivity index (χ1) is 16.2. The number of esters is 1. The quantitative estimate of drug-likeness (QED) is 0.445. The van der Waals surface area contributed by atoms with Crippen LogP contribution in [0, 0.1) is 24.2 Å². The van der Waals surface area contributed by atoms with Crippen LogP contribution in [-0.2, 0) is 14.3 Å². The number of ether oxygens (including phenoxy) is 1. The SMILES string of the molecule is C/C(=C\c1csc(C)n1)[C@H]1C[C@@H](O)[C@@H](O)CCC[C@H](C)[C@H](O)[C@@H](C)C(=O)C(C)(C)[C@@H](O)CC(=O)O1. The van der Waals surface area contributed by atoms with Gasteiger partial charge >= 0.3 is 5.97 Å². The van der Waals surface area contributed by atoms with Crippen molar-refractivity contribution in [3.63, 3.8) is 0 Å². The normalized spacial score (nSPS) is 34.5. The van der Waals surface area contributed by atoms with Crippen molar-refractivity contribution < 1.29 is 34.8 Å². The maximum absolute atomic E-state index is 13.1. The van der Waals surface area contributed by atoms with Crippen LogP contribution in [-0.4, -0.2) is 67.7 Å². The van der Waals surface area contributed by atoms with Crippen LogP contribution in [0.25, 0.3) is 6.08 Å². The van der Waals surface area contributed by atoms with Gasteiger partial charge in [0.15, 0.2) is 0 Å². The molecular formula is C26H41NO7S. The van der Waals surface area contributed by atoms with Crippen molar-refractivity contribution in [3.05, 3.63) is 21.7 Å². The minimum Gasteiger partial charge on any atom is -0.458 e. The third-order valence-electron chi connectivity index (χ3n) is 7.19. The Labute approximate surface area is 212 Å². The third kappa shape index (κ3) is 7.92. The van der Waals surface area contributed by atoms with E-state index in [-0.39, 0.29) is 18.1 Å². The lowest BCUT2D eigenvalue weighted by molar-refractivity contribution is -0.156. The molecule has 1 aliphatic rings. The highest BCUT2D eigenvalue weighted by Crippen LogP contribution is 2.32.